The van der Waals surface area contributed by atoms with E-state index in [9.17, 15) is 0 Å². The minimum atomic E-state index is 0.0376. The lowest BCUT2D eigenvalue weighted by molar-refractivity contribution is 0.318. The number of pyridine rings is 1. The van der Waals surface area contributed by atoms with Gasteiger partial charge < -0.3 is 15.8 Å². The molecule has 0 radical (unpaired) electrons. The van der Waals surface area contributed by atoms with Gasteiger partial charge >= 0.3 is 0 Å². The summed E-state index contributed by atoms with van der Waals surface area (Å²) in [5, 5.41) is 11.7. The Bertz CT molecular complexity index is 642. The molecule has 108 valence electrons. The number of oxime groups is 1. The molecule has 2 aromatic rings. The van der Waals surface area contributed by atoms with Crippen LogP contribution in [0.25, 0.3) is 0 Å². The lowest BCUT2D eigenvalue weighted by Crippen LogP contribution is -2.22. The van der Waals surface area contributed by atoms with E-state index in [0.717, 1.165) is 25.3 Å². The standard InChI is InChI=1S/C16H18N4O/c17-16(19-21)14-7-4-8-15(18-14)20-10-9-13(11-20)12-5-2-1-3-6-12/h1-8,13,21H,9-11H2,(H2,17,19). The summed E-state index contributed by atoms with van der Waals surface area (Å²) in [5.41, 5.74) is 7.47. The van der Waals surface area contributed by atoms with E-state index in [-0.39, 0.29) is 5.84 Å². The normalized spacial score (nSPS) is 19.0. The number of aromatic nitrogens is 1. The maximum Gasteiger partial charge on any atom is 0.188 e. The average molecular weight is 282 g/mol. The highest BCUT2D eigenvalue weighted by atomic mass is 16.4. The van der Waals surface area contributed by atoms with Gasteiger partial charge in [-0.2, -0.15) is 0 Å². The molecule has 0 spiro atoms. The maximum absolute atomic E-state index is 8.74. The van der Waals surface area contributed by atoms with E-state index >= 15 is 0 Å². The Labute approximate surface area is 123 Å². The SMILES string of the molecule is NC(=NO)c1cccc(N2CCC(c3ccccc3)C2)n1. The summed E-state index contributed by atoms with van der Waals surface area (Å²) in [5.74, 6) is 1.44. The molecule has 21 heavy (non-hydrogen) atoms. The Morgan fingerprint density at radius 3 is 2.76 bits per heavy atom. The lowest BCUT2D eigenvalue weighted by Gasteiger charge is -2.18. The molecular weight excluding hydrogens is 264 g/mol. The topological polar surface area (TPSA) is 74.7 Å². The summed E-state index contributed by atoms with van der Waals surface area (Å²) in [6.45, 7) is 1.91. The van der Waals surface area contributed by atoms with Crippen LogP contribution in [0.2, 0.25) is 0 Å². The third-order valence-electron chi connectivity index (χ3n) is 3.89. The van der Waals surface area contributed by atoms with Crippen molar-refractivity contribution in [1.82, 2.24) is 4.98 Å². The van der Waals surface area contributed by atoms with E-state index in [4.69, 9.17) is 10.9 Å². The molecule has 5 heteroatoms. The smallest absolute Gasteiger partial charge is 0.188 e. The molecule has 1 unspecified atom stereocenters. The van der Waals surface area contributed by atoms with E-state index in [1.807, 2.05) is 18.2 Å². The summed E-state index contributed by atoms with van der Waals surface area (Å²) in [7, 11) is 0. The molecule has 0 bridgehead atoms. The monoisotopic (exact) mass is 282 g/mol. The number of amidine groups is 1. The number of benzene rings is 1. The van der Waals surface area contributed by atoms with Crippen molar-refractivity contribution in [2.75, 3.05) is 18.0 Å². The van der Waals surface area contributed by atoms with Crippen molar-refractivity contribution in [3.05, 3.63) is 59.8 Å². The largest absolute Gasteiger partial charge is 0.409 e. The van der Waals surface area contributed by atoms with Crippen LogP contribution in [0.4, 0.5) is 5.82 Å². The number of hydrogen-bond acceptors (Lipinski definition) is 4. The molecule has 1 fully saturated rings. The van der Waals surface area contributed by atoms with Gasteiger partial charge in [0.25, 0.3) is 0 Å². The van der Waals surface area contributed by atoms with Crippen LogP contribution in [-0.4, -0.2) is 29.1 Å². The van der Waals surface area contributed by atoms with Crippen molar-refractivity contribution in [1.29, 1.82) is 0 Å². The van der Waals surface area contributed by atoms with Crippen molar-refractivity contribution in [2.45, 2.75) is 12.3 Å². The van der Waals surface area contributed by atoms with Crippen LogP contribution in [0.5, 0.6) is 0 Å². The van der Waals surface area contributed by atoms with Crippen molar-refractivity contribution >= 4 is 11.7 Å². The first kappa shape index (κ1) is 13.4. The molecule has 0 aliphatic carbocycles. The van der Waals surface area contributed by atoms with Crippen molar-refractivity contribution in [3.8, 4) is 0 Å². The Kier molecular flexibility index (Phi) is 3.73. The second-order valence-electron chi connectivity index (χ2n) is 5.21. The highest BCUT2D eigenvalue weighted by Gasteiger charge is 2.24. The number of hydrogen-bond donors (Lipinski definition) is 2. The van der Waals surface area contributed by atoms with Gasteiger partial charge in [-0.1, -0.05) is 41.6 Å². The summed E-state index contributed by atoms with van der Waals surface area (Å²) < 4.78 is 0. The molecule has 1 aliphatic heterocycles. The Morgan fingerprint density at radius 2 is 2.00 bits per heavy atom. The molecule has 0 amide bonds. The Balaban J connectivity index is 1.77. The molecule has 1 aliphatic rings. The van der Waals surface area contributed by atoms with Crippen LogP contribution in [0.15, 0.2) is 53.7 Å². The minimum absolute atomic E-state index is 0.0376. The van der Waals surface area contributed by atoms with Gasteiger partial charge in [-0.25, -0.2) is 4.98 Å². The first-order chi connectivity index (χ1) is 10.3. The van der Waals surface area contributed by atoms with Crippen LogP contribution in [0.3, 0.4) is 0 Å². The second kappa shape index (κ2) is 5.83. The molecule has 1 saturated heterocycles. The van der Waals surface area contributed by atoms with Crippen LogP contribution >= 0.6 is 0 Å². The second-order valence-corrected chi connectivity index (χ2v) is 5.21. The van der Waals surface area contributed by atoms with Crippen molar-refractivity contribution in [2.24, 2.45) is 10.9 Å². The first-order valence-corrected chi connectivity index (χ1v) is 7.03. The van der Waals surface area contributed by atoms with Gasteiger partial charge in [0.2, 0.25) is 0 Å². The Hall–Kier alpha value is -2.56. The fourth-order valence-corrected chi connectivity index (χ4v) is 2.76. The Morgan fingerprint density at radius 1 is 1.19 bits per heavy atom. The molecule has 1 aromatic heterocycles. The van der Waals surface area contributed by atoms with Crippen LogP contribution in [0, 0.1) is 0 Å². The van der Waals surface area contributed by atoms with Gasteiger partial charge in [-0.3, -0.25) is 0 Å². The van der Waals surface area contributed by atoms with Gasteiger partial charge in [-0.15, -0.1) is 0 Å². The van der Waals surface area contributed by atoms with E-state index in [1.165, 1.54) is 5.56 Å². The number of nitrogens with zero attached hydrogens (tertiary/aromatic N) is 3. The van der Waals surface area contributed by atoms with Gasteiger partial charge in [-0.05, 0) is 24.1 Å². The van der Waals surface area contributed by atoms with Gasteiger partial charge in [0.15, 0.2) is 5.84 Å². The summed E-state index contributed by atoms with van der Waals surface area (Å²) >= 11 is 0. The molecule has 3 rings (SSSR count). The quantitative estimate of drug-likeness (QED) is 0.391. The number of rotatable bonds is 3. The molecule has 5 nitrogen and oxygen atoms in total. The highest BCUT2D eigenvalue weighted by molar-refractivity contribution is 5.95. The van der Waals surface area contributed by atoms with Gasteiger partial charge in [0.05, 0.1) is 0 Å². The molecule has 3 N–H and O–H groups in total. The fourth-order valence-electron chi connectivity index (χ4n) is 2.76. The predicted octanol–water partition coefficient (Wildman–Crippen LogP) is 2.17. The molecule has 1 aromatic carbocycles. The van der Waals surface area contributed by atoms with Crippen LogP contribution < -0.4 is 10.6 Å². The number of nitrogens with two attached hydrogens (primary N) is 1. The molecular formula is C16H18N4O. The minimum Gasteiger partial charge on any atom is -0.409 e. The summed E-state index contributed by atoms with van der Waals surface area (Å²) in [4.78, 5) is 6.71. The van der Waals surface area contributed by atoms with E-state index in [0.29, 0.717) is 11.6 Å². The van der Waals surface area contributed by atoms with Crippen LogP contribution in [0.1, 0.15) is 23.6 Å². The highest BCUT2D eigenvalue weighted by Crippen LogP contribution is 2.29. The average Bonchev–Trinajstić information content (AvgIpc) is 3.05. The third kappa shape index (κ3) is 2.81. The maximum atomic E-state index is 8.74. The summed E-state index contributed by atoms with van der Waals surface area (Å²) in [6.07, 6.45) is 1.11. The summed E-state index contributed by atoms with van der Waals surface area (Å²) in [6, 6.07) is 16.1. The van der Waals surface area contributed by atoms with E-state index in [2.05, 4.69) is 39.3 Å². The zero-order chi connectivity index (χ0) is 14.7. The lowest BCUT2D eigenvalue weighted by atomic mass is 9.99. The zero-order valence-corrected chi connectivity index (χ0v) is 11.7. The molecule has 0 saturated carbocycles. The zero-order valence-electron chi connectivity index (χ0n) is 11.7. The van der Waals surface area contributed by atoms with E-state index < -0.39 is 0 Å². The van der Waals surface area contributed by atoms with Gasteiger partial charge in [0, 0.05) is 19.0 Å². The molecule has 2 heterocycles. The van der Waals surface area contributed by atoms with Gasteiger partial charge in [0.1, 0.15) is 11.5 Å². The predicted molar refractivity (Wildman–Crippen MR) is 82.8 cm³/mol. The fraction of sp³-hybridized carbons (Fsp3) is 0.250. The third-order valence-corrected chi connectivity index (χ3v) is 3.89. The van der Waals surface area contributed by atoms with Crippen molar-refractivity contribution in [3.63, 3.8) is 0 Å². The van der Waals surface area contributed by atoms with E-state index in [1.54, 1.807) is 6.07 Å². The number of anilines is 1. The first-order valence-electron chi connectivity index (χ1n) is 7.03. The van der Waals surface area contributed by atoms with Crippen LogP contribution in [-0.2, 0) is 0 Å². The molecule has 1 atom stereocenters. The van der Waals surface area contributed by atoms with Crippen molar-refractivity contribution < 1.29 is 5.21 Å².